The molecule has 0 unspecified atom stereocenters. The van der Waals surface area contributed by atoms with Crippen LogP contribution in [0.5, 0.6) is 0 Å². The number of aromatic carboxylic acids is 1. The van der Waals surface area contributed by atoms with E-state index in [9.17, 15) is 9.18 Å². The summed E-state index contributed by atoms with van der Waals surface area (Å²) < 4.78 is 13.9. The number of anilines is 1. The van der Waals surface area contributed by atoms with Crippen LogP contribution < -0.4 is 5.73 Å². The number of rotatable bonds is 1. The van der Waals surface area contributed by atoms with Gasteiger partial charge in [0.25, 0.3) is 0 Å². The van der Waals surface area contributed by atoms with Crippen molar-refractivity contribution in [2.24, 2.45) is 0 Å². The van der Waals surface area contributed by atoms with E-state index >= 15 is 0 Å². The number of halogens is 2. The highest BCUT2D eigenvalue weighted by Gasteiger charge is 2.19. The van der Waals surface area contributed by atoms with Crippen molar-refractivity contribution in [3.63, 3.8) is 0 Å². The summed E-state index contributed by atoms with van der Waals surface area (Å²) in [5, 5.41) is 8.77. The van der Waals surface area contributed by atoms with Crippen LogP contribution in [0, 0.1) is 17.7 Å². The van der Waals surface area contributed by atoms with Gasteiger partial charge < -0.3 is 10.8 Å². The van der Waals surface area contributed by atoms with Crippen LogP contribution in [-0.4, -0.2) is 11.1 Å². The Hall–Kier alpha value is -1.54. The molecule has 0 aliphatic heterocycles. The highest BCUT2D eigenvalue weighted by molar-refractivity contribution is 9.10. The van der Waals surface area contributed by atoms with Crippen molar-refractivity contribution in [1.29, 1.82) is 0 Å². The minimum Gasteiger partial charge on any atom is -0.478 e. The van der Waals surface area contributed by atoms with Gasteiger partial charge in [-0.1, -0.05) is 5.92 Å². The molecule has 3 nitrogen and oxygen atoms in total. The molecule has 0 bridgehead atoms. The standard InChI is InChI=1S/C10H7BrFNO2/c1-2-3-5-4-6(11)9(13)7(8(5)12)10(14)15/h4H,13H2,1H3,(H,14,15). The molecule has 0 radical (unpaired) electrons. The number of carboxylic acid groups (broad SMARTS) is 1. The van der Waals surface area contributed by atoms with Gasteiger partial charge in [0.1, 0.15) is 5.56 Å². The summed E-state index contributed by atoms with van der Waals surface area (Å²) in [5.74, 6) is 2.64. The molecular weight excluding hydrogens is 265 g/mol. The monoisotopic (exact) mass is 271 g/mol. The van der Waals surface area contributed by atoms with Gasteiger partial charge in [-0.15, -0.1) is 5.92 Å². The first kappa shape index (κ1) is 11.5. The third-order valence-corrected chi connectivity index (χ3v) is 2.38. The third-order valence-electron chi connectivity index (χ3n) is 1.73. The van der Waals surface area contributed by atoms with Crippen LogP contribution in [-0.2, 0) is 0 Å². The number of hydrogen-bond donors (Lipinski definition) is 2. The molecule has 1 aromatic rings. The molecule has 3 N–H and O–H groups in total. The first-order chi connectivity index (χ1) is 6.99. The highest BCUT2D eigenvalue weighted by Crippen LogP contribution is 2.28. The largest absolute Gasteiger partial charge is 0.478 e. The molecule has 1 rings (SSSR count). The molecule has 0 aromatic heterocycles. The zero-order valence-corrected chi connectivity index (χ0v) is 9.35. The second-order valence-electron chi connectivity index (χ2n) is 2.69. The highest BCUT2D eigenvalue weighted by atomic mass is 79.9. The van der Waals surface area contributed by atoms with Crippen molar-refractivity contribution >= 4 is 27.6 Å². The fourth-order valence-electron chi connectivity index (χ4n) is 1.07. The normalized spacial score (nSPS) is 9.27. The van der Waals surface area contributed by atoms with Gasteiger partial charge in [0.15, 0.2) is 5.82 Å². The first-order valence-electron chi connectivity index (χ1n) is 3.92. The van der Waals surface area contributed by atoms with Crippen molar-refractivity contribution in [2.75, 3.05) is 5.73 Å². The summed E-state index contributed by atoms with van der Waals surface area (Å²) in [6, 6.07) is 1.35. The quantitative estimate of drug-likeness (QED) is 0.608. The Labute approximate surface area is 94.2 Å². The Bertz CT molecular complexity index is 488. The van der Waals surface area contributed by atoms with E-state index in [4.69, 9.17) is 10.8 Å². The van der Waals surface area contributed by atoms with Crippen LogP contribution >= 0.6 is 15.9 Å². The Morgan fingerprint density at radius 1 is 1.67 bits per heavy atom. The summed E-state index contributed by atoms with van der Waals surface area (Å²) in [6.45, 7) is 1.53. The van der Waals surface area contributed by atoms with E-state index in [-0.39, 0.29) is 11.3 Å². The molecule has 15 heavy (non-hydrogen) atoms. The smallest absolute Gasteiger partial charge is 0.340 e. The van der Waals surface area contributed by atoms with E-state index in [0.29, 0.717) is 4.47 Å². The molecule has 0 aliphatic rings. The van der Waals surface area contributed by atoms with Crippen molar-refractivity contribution < 1.29 is 14.3 Å². The lowest BCUT2D eigenvalue weighted by Crippen LogP contribution is -2.08. The SMILES string of the molecule is CC#Cc1cc(Br)c(N)c(C(=O)O)c1F. The lowest BCUT2D eigenvalue weighted by molar-refractivity contribution is 0.0693. The summed E-state index contributed by atoms with van der Waals surface area (Å²) in [4.78, 5) is 10.8. The molecule has 0 atom stereocenters. The maximum Gasteiger partial charge on any atom is 0.340 e. The van der Waals surface area contributed by atoms with E-state index in [1.165, 1.54) is 13.0 Å². The Balaban J connectivity index is 3.61. The molecule has 0 amide bonds. The number of nitrogen functional groups attached to an aromatic ring is 1. The van der Waals surface area contributed by atoms with Gasteiger partial charge in [0, 0.05) is 4.47 Å². The number of benzene rings is 1. The van der Waals surface area contributed by atoms with Crippen LogP contribution in [0.1, 0.15) is 22.8 Å². The van der Waals surface area contributed by atoms with Crippen LogP contribution in [0.15, 0.2) is 10.5 Å². The average Bonchev–Trinajstić information content (AvgIpc) is 2.14. The lowest BCUT2D eigenvalue weighted by atomic mass is 10.1. The van der Waals surface area contributed by atoms with Crippen LogP contribution in [0.2, 0.25) is 0 Å². The molecule has 0 heterocycles. The van der Waals surface area contributed by atoms with Gasteiger partial charge in [-0.2, -0.15) is 0 Å². The van der Waals surface area contributed by atoms with E-state index in [1.54, 1.807) is 0 Å². The molecule has 1 aromatic carbocycles. The number of nitrogens with two attached hydrogens (primary N) is 1. The summed E-state index contributed by atoms with van der Waals surface area (Å²) in [7, 11) is 0. The fraction of sp³-hybridized carbons (Fsp3) is 0.100. The second-order valence-corrected chi connectivity index (χ2v) is 3.54. The summed E-state index contributed by atoms with van der Waals surface area (Å²) >= 11 is 3.05. The van der Waals surface area contributed by atoms with Crippen LogP contribution in [0.4, 0.5) is 10.1 Å². The van der Waals surface area contributed by atoms with Gasteiger partial charge in [0.2, 0.25) is 0 Å². The maximum absolute atomic E-state index is 13.6. The first-order valence-corrected chi connectivity index (χ1v) is 4.71. The predicted molar refractivity (Wildman–Crippen MR) is 58.0 cm³/mol. The third kappa shape index (κ3) is 2.10. The van der Waals surface area contributed by atoms with Crippen molar-refractivity contribution in [3.8, 4) is 11.8 Å². The number of carbonyl (C=O) groups is 1. The molecule has 0 aliphatic carbocycles. The minimum absolute atomic E-state index is 0.0102. The number of carboxylic acids is 1. The van der Waals surface area contributed by atoms with Crippen LogP contribution in [0.3, 0.4) is 0 Å². The van der Waals surface area contributed by atoms with Crippen molar-refractivity contribution in [1.82, 2.24) is 0 Å². The predicted octanol–water partition coefficient (Wildman–Crippen LogP) is 2.24. The van der Waals surface area contributed by atoms with Crippen LogP contribution in [0.25, 0.3) is 0 Å². The molecule has 0 saturated heterocycles. The number of hydrogen-bond acceptors (Lipinski definition) is 2. The molecule has 0 spiro atoms. The second kappa shape index (κ2) is 4.32. The van der Waals surface area contributed by atoms with Gasteiger partial charge in [-0.25, -0.2) is 9.18 Å². The van der Waals surface area contributed by atoms with E-state index < -0.39 is 17.3 Å². The lowest BCUT2D eigenvalue weighted by Gasteiger charge is -2.06. The van der Waals surface area contributed by atoms with E-state index in [0.717, 1.165) is 0 Å². The molecule has 0 saturated carbocycles. The van der Waals surface area contributed by atoms with Gasteiger partial charge >= 0.3 is 5.97 Å². The van der Waals surface area contributed by atoms with E-state index in [1.807, 2.05) is 0 Å². The van der Waals surface area contributed by atoms with Gasteiger partial charge in [-0.3, -0.25) is 0 Å². The minimum atomic E-state index is -1.41. The van der Waals surface area contributed by atoms with Crippen molar-refractivity contribution in [2.45, 2.75) is 6.92 Å². The average molecular weight is 272 g/mol. The zero-order chi connectivity index (χ0) is 11.6. The topological polar surface area (TPSA) is 63.3 Å². The molecule has 5 heteroatoms. The Morgan fingerprint density at radius 2 is 2.27 bits per heavy atom. The Kier molecular flexibility index (Phi) is 3.32. The van der Waals surface area contributed by atoms with Gasteiger partial charge in [-0.05, 0) is 28.9 Å². The summed E-state index contributed by atoms with van der Waals surface area (Å²) in [6.07, 6.45) is 0. The maximum atomic E-state index is 13.6. The van der Waals surface area contributed by atoms with Crippen molar-refractivity contribution in [3.05, 3.63) is 27.5 Å². The Morgan fingerprint density at radius 3 is 2.73 bits per heavy atom. The molecule has 0 fully saturated rings. The van der Waals surface area contributed by atoms with Gasteiger partial charge in [0.05, 0.1) is 11.3 Å². The zero-order valence-electron chi connectivity index (χ0n) is 7.77. The molecule has 78 valence electrons. The van der Waals surface area contributed by atoms with E-state index in [2.05, 4.69) is 27.8 Å². The summed E-state index contributed by atoms with van der Waals surface area (Å²) in [5.41, 5.74) is 4.75. The molecular formula is C10H7BrFNO2. The fourth-order valence-corrected chi connectivity index (χ4v) is 1.50.